The molecule has 1 saturated carbocycles. The Bertz CT molecular complexity index is 1960. The van der Waals surface area contributed by atoms with Crippen molar-refractivity contribution >= 4 is 17.3 Å². The highest BCUT2D eigenvalue weighted by atomic mass is 19.1. The number of hydrogen-bond donors (Lipinski definition) is 2. The molecule has 0 spiro atoms. The van der Waals surface area contributed by atoms with Gasteiger partial charge in [-0.2, -0.15) is 0 Å². The summed E-state index contributed by atoms with van der Waals surface area (Å²) in [4.78, 5) is 31.0. The number of carbonyl (C=O) groups is 2. The first-order valence-electron chi connectivity index (χ1n) is 16.1. The molecule has 9 nitrogen and oxygen atoms in total. The van der Waals surface area contributed by atoms with Gasteiger partial charge in [-0.1, -0.05) is 72.8 Å². The Balaban J connectivity index is 1.33. The molecule has 3 aliphatic rings. The first-order valence-corrected chi connectivity index (χ1v) is 16.1. The normalized spacial score (nSPS) is 22.6. The maximum atomic E-state index is 15.5. The number of rotatable bonds is 11. The molecule has 250 valence electrons. The summed E-state index contributed by atoms with van der Waals surface area (Å²) in [5.74, 6) is -4.54. The van der Waals surface area contributed by atoms with E-state index in [1.807, 2.05) is 65.6 Å². The van der Waals surface area contributed by atoms with Crippen LogP contribution in [0.25, 0.3) is 5.76 Å². The molecule has 2 N–H and O–H groups in total. The fourth-order valence-electron chi connectivity index (χ4n) is 7.52. The van der Waals surface area contributed by atoms with Crippen molar-refractivity contribution in [3.63, 3.8) is 0 Å². The predicted octanol–water partition coefficient (Wildman–Crippen LogP) is 6.34. The van der Waals surface area contributed by atoms with Crippen molar-refractivity contribution in [2.75, 3.05) is 13.1 Å². The molecule has 49 heavy (non-hydrogen) atoms. The highest BCUT2D eigenvalue weighted by Gasteiger charge is 2.66. The molecule has 7 rings (SSSR count). The molecule has 0 radical (unpaired) electrons. The van der Waals surface area contributed by atoms with Gasteiger partial charge in [0.2, 0.25) is 11.6 Å². The molecule has 0 saturated heterocycles. The van der Waals surface area contributed by atoms with Crippen LogP contribution in [0.4, 0.5) is 4.39 Å². The lowest BCUT2D eigenvalue weighted by atomic mass is 9.57. The summed E-state index contributed by atoms with van der Waals surface area (Å²) in [6, 6.07) is 20.4. The monoisotopic (exact) mass is 662 g/mol. The van der Waals surface area contributed by atoms with Crippen LogP contribution in [-0.2, 0) is 24.4 Å². The molecule has 10 heteroatoms. The molecule has 0 aliphatic heterocycles. The topological polar surface area (TPSA) is 122 Å². The molecule has 3 aromatic carbocycles. The zero-order valence-corrected chi connectivity index (χ0v) is 26.7. The van der Waals surface area contributed by atoms with Crippen LogP contribution in [-0.4, -0.2) is 50.5 Å². The first-order chi connectivity index (χ1) is 23.8. The van der Waals surface area contributed by atoms with E-state index in [0.29, 0.717) is 13.1 Å². The highest BCUT2D eigenvalue weighted by Crippen LogP contribution is 2.56. The van der Waals surface area contributed by atoms with Gasteiger partial charge in [-0.3, -0.25) is 14.5 Å². The highest BCUT2D eigenvalue weighted by molar-refractivity contribution is 6.26. The number of Topliss-reactive ketones (excluding diaryl/α,β-unsaturated/α-hetero) is 2. The molecule has 1 fully saturated rings. The van der Waals surface area contributed by atoms with Crippen LogP contribution in [0.2, 0.25) is 0 Å². The van der Waals surface area contributed by atoms with E-state index >= 15 is 4.39 Å². The van der Waals surface area contributed by atoms with Gasteiger partial charge in [0.15, 0.2) is 11.4 Å². The van der Waals surface area contributed by atoms with Gasteiger partial charge in [0.25, 0.3) is 5.88 Å². The number of nitrogens with zero attached hydrogens (tertiary/aromatic N) is 2. The van der Waals surface area contributed by atoms with Gasteiger partial charge in [0.1, 0.15) is 36.1 Å². The van der Waals surface area contributed by atoms with Crippen LogP contribution in [0.5, 0.6) is 11.6 Å². The minimum absolute atomic E-state index is 0.0369. The third kappa shape index (κ3) is 5.37. The van der Waals surface area contributed by atoms with Gasteiger partial charge < -0.3 is 24.2 Å². The summed E-state index contributed by atoms with van der Waals surface area (Å²) in [7, 11) is 0. The third-order valence-electron chi connectivity index (χ3n) is 9.72. The van der Waals surface area contributed by atoms with E-state index in [1.165, 1.54) is 12.1 Å². The van der Waals surface area contributed by atoms with Gasteiger partial charge in [-0.05, 0) is 47.2 Å². The molecular formula is C39H35FN2O7. The van der Waals surface area contributed by atoms with Crippen LogP contribution in [0, 0.1) is 17.7 Å². The number of aromatic nitrogens is 1. The summed E-state index contributed by atoms with van der Waals surface area (Å²) in [6.45, 7) is 8.52. The van der Waals surface area contributed by atoms with Crippen molar-refractivity contribution in [1.82, 2.24) is 10.1 Å². The SMILES string of the molecule is C=CCN(CC=C)[C@@H]1c2onc(OCc3ccccc3)c2C(=O)[C@@]2(O)C(=O)C3=C(O)c4c(OCc5ccccc5)ccc(F)c4C[C@H]3C[C@@H]12. The molecule has 1 aromatic heterocycles. The lowest BCUT2D eigenvalue weighted by Gasteiger charge is -2.50. The molecule has 0 amide bonds. The van der Waals surface area contributed by atoms with E-state index in [9.17, 15) is 19.8 Å². The summed E-state index contributed by atoms with van der Waals surface area (Å²) in [5.41, 5.74) is -1.01. The lowest BCUT2D eigenvalue weighted by molar-refractivity contribution is -0.143. The van der Waals surface area contributed by atoms with Crippen molar-refractivity contribution in [2.45, 2.75) is 37.7 Å². The van der Waals surface area contributed by atoms with Gasteiger partial charge >= 0.3 is 0 Å². The average Bonchev–Trinajstić information content (AvgIpc) is 3.53. The van der Waals surface area contributed by atoms with E-state index in [4.69, 9.17) is 14.0 Å². The Kier molecular flexibility index (Phi) is 8.52. The summed E-state index contributed by atoms with van der Waals surface area (Å²) in [5, 5.41) is 28.4. The molecule has 0 unspecified atom stereocenters. The molecule has 4 aromatic rings. The smallest absolute Gasteiger partial charge is 0.265 e. The second-order valence-electron chi connectivity index (χ2n) is 12.6. The third-order valence-corrected chi connectivity index (χ3v) is 9.72. The molecule has 0 bridgehead atoms. The molecule has 1 heterocycles. The van der Waals surface area contributed by atoms with Gasteiger partial charge in [-0.25, -0.2) is 4.39 Å². The Morgan fingerprint density at radius 1 is 0.918 bits per heavy atom. The number of aliphatic hydroxyl groups excluding tert-OH is 1. The average molecular weight is 663 g/mol. The van der Waals surface area contributed by atoms with E-state index < -0.39 is 46.6 Å². The van der Waals surface area contributed by atoms with Crippen LogP contribution >= 0.6 is 0 Å². The maximum absolute atomic E-state index is 15.5. The second kappa shape index (κ2) is 12.9. The Morgan fingerprint density at radius 3 is 2.18 bits per heavy atom. The molecule has 3 aliphatic carbocycles. The number of hydrogen-bond acceptors (Lipinski definition) is 9. The Labute approximate surface area is 282 Å². The predicted molar refractivity (Wildman–Crippen MR) is 178 cm³/mol. The van der Waals surface area contributed by atoms with Crippen molar-refractivity contribution in [2.24, 2.45) is 11.8 Å². The number of aliphatic hydroxyl groups is 2. The van der Waals surface area contributed by atoms with Crippen molar-refractivity contribution < 1.29 is 38.2 Å². The van der Waals surface area contributed by atoms with Gasteiger partial charge in [-0.15, -0.1) is 13.2 Å². The first kappa shape index (κ1) is 32.2. The number of ether oxygens (including phenoxy) is 2. The van der Waals surface area contributed by atoms with Crippen molar-refractivity contribution in [3.05, 3.63) is 143 Å². The fraction of sp³-hybridized carbons (Fsp3) is 0.256. The summed E-state index contributed by atoms with van der Waals surface area (Å²) < 4.78 is 33.3. The fourth-order valence-corrected chi connectivity index (χ4v) is 7.52. The second-order valence-corrected chi connectivity index (χ2v) is 12.6. The Hall–Kier alpha value is -5.32. The van der Waals surface area contributed by atoms with Crippen molar-refractivity contribution in [3.8, 4) is 11.6 Å². The molecular weight excluding hydrogens is 627 g/mol. The number of fused-ring (bicyclic) bond motifs is 4. The lowest BCUT2D eigenvalue weighted by Crippen LogP contribution is -2.63. The minimum atomic E-state index is -2.62. The van der Waals surface area contributed by atoms with E-state index in [1.54, 1.807) is 12.2 Å². The largest absolute Gasteiger partial charge is 0.507 e. The summed E-state index contributed by atoms with van der Waals surface area (Å²) >= 11 is 0. The van der Waals surface area contributed by atoms with Crippen LogP contribution in [0.15, 0.2) is 108 Å². The number of halogens is 1. The Morgan fingerprint density at radius 2 is 1.55 bits per heavy atom. The number of benzene rings is 3. The van der Waals surface area contributed by atoms with Crippen LogP contribution in [0.3, 0.4) is 0 Å². The standard InChI is InChI=1S/C39H35FN2O7/c1-3-17-42(18-4-2)33-27-20-25-19-26-28(40)15-16-29(47-21-23-11-7-5-8-12-23)31(26)34(43)30(25)36(44)39(27,46)37(45)32-35(33)49-41-38(32)48-22-24-13-9-6-10-14-24/h3-16,25,27,33,43,46H,1-2,17-22H2/t25-,27-,33-,39-/m0/s1. The minimum Gasteiger partial charge on any atom is -0.507 e. The zero-order valence-electron chi connectivity index (χ0n) is 26.7. The van der Waals surface area contributed by atoms with E-state index in [0.717, 1.165) is 11.1 Å². The summed E-state index contributed by atoms with van der Waals surface area (Å²) in [6.07, 6.45) is 3.41. The number of carbonyl (C=O) groups excluding carboxylic acids is 2. The van der Waals surface area contributed by atoms with Gasteiger partial charge in [0.05, 0.1) is 11.6 Å². The van der Waals surface area contributed by atoms with E-state index in [2.05, 4.69) is 18.3 Å². The van der Waals surface area contributed by atoms with Crippen molar-refractivity contribution in [1.29, 1.82) is 0 Å². The van der Waals surface area contributed by atoms with Gasteiger partial charge in [0, 0.05) is 30.1 Å². The zero-order chi connectivity index (χ0) is 34.3. The molecule has 4 atom stereocenters. The van der Waals surface area contributed by atoms with E-state index in [-0.39, 0.29) is 65.7 Å². The number of ketones is 2. The van der Waals surface area contributed by atoms with Crippen LogP contribution in [0.1, 0.15) is 50.8 Å². The quantitative estimate of drug-likeness (QED) is 0.140. The maximum Gasteiger partial charge on any atom is 0.265 e. The van der Waals surface area contributed by atoms with Crippen LogP contribution < -0.4 is 9.47 Å².